The minimum absolute atomic E-state index is 0.144. The Hall–Kier alpha value is -2.16. The molecule has 2 heteroatoms. The second kappa shape index (κ2) is 5.08. The summed E-state index contributed by atoms with van der Waals surface area (Å²) in [6.07, 6.45) is 0. The van der Waals surface area contributed by atoms with Gasteiger partial charge in [0.25, 0.3) is 0 Å². The van der Waals surface area contributed by atoms with Gasteiger partial charge in [-0.25, -0.2) is 0 Å². The van der Waals surface area contributed by atoms with Crippen LogP contribution in [-0.2, 0) is 5.60 Å². The molecule has 3 aromatic rings. The van der Waals surface area contributed by atoms with Crippen LogP contribution >= 0.6 is 0 Å². The van der Waals surface area contributed by atoms with Gasteiger partial charge in [-0.3, -0.25) is 0 Å². The van der Waals surface area contributed by atoms with Gasteiger partial charge >= 0.3 is 0 Å². The fraction of sp³-hybridized carbons (Fsp3) is 0.111. The first-order valence-corrected chi connectivity index (χ1v) is 6.72. The minimum atomic E-state index is -1.16. The fourth-order valence-corrected chi connectivity index (χ4v) is 2.68. The average Bonchev–Trinajstić information content (AvgIpc) is 2.54. The Bertz CT molecular complexity index is 718. The van der Waals surface area contributed by atoms with Gasteiger partial charge in [0, 0.05) is 6.54 Å². The number of hydrogen-bond acceptors (Lipinski definition) is 2. The molecular formula is C18H17NO. The molecule has 3 N–H and O–H groups in total. The lowest BCUT2D eigenvalue weighted by Gasteiger charge is -2.29. The predicted octanol–water partition coefficient (Wildman–Crippen LogP) is 3.03. The largest absolute Gasteiger partial charge is 0.379 e. The standard InChI is InChI=1S/C18H17NO/c19-13-18(20,15-9-2-1-3-10-15)17-12-6-8-14-7-4-5-11-16(14)17/h1-12,20H,13,19H2. The molecule has 0 spiro atoms. The van der Waals surface area contributed by atoms with Crippen molar-refractivity contribution in [3.8, 4) is 0 Å². The third kappa shape index (κ3) is 1.99. The van der Waals surface area contributed by atoms with Gasteiger partial charge in [0.1, 0.15) is 5.60 Å². The lowest BCUT2D eigenvalue weighted by molar-refractivity contribution is 0.0918. The van der Waals surface area contributed by atoms with E-state index in [0.717, 1.165) is 21.9 Å². The van der Waals surface area contributed by atoms with Gasteiger partial charge in [0.2, 0.25) is 0 Å². The third-order valence-electron chi connectivity index (χ3n) is 3.78. The van der Waals surface area contributed by atoms with Crippen LogP contribution in [0.2, 0.25) is 0 Å². The smallest absolute Gasteiger partial charge is 0.127 e. The molecule has 0 fully saturated rings. The van der Waals surface area contributed by atoms with Crippen molar-refractivity contribution in [2.75, 3.05) is 6.54 Å². The normalized spacial score (nSPS) is 14.1. The molecule has 0 bridgehead atoms. The Balaban J connectivity index is 2.27. The van der Waals surface area contributed by atoms with Crippen LogP contribution in [-0.4, -0.2) is 11.7 Å². The molecule has 100 valence electrons. The van der Waals surface area contributed by atoms with Gasteiger partial charge in [-0.15, -0.1) is 0 Å². The summed E-state index contributed by atoms with van der Waals surface area (Å²) in [5, 5.41) is 13.3. The first-order chi connectivity index (χ1) is 9.75. The highest BCUT2D eigenvalue weighted by Crippen LogP contribution is 2.33. The van der Waals surface area contributed by atoms with Crippen LogP contribution in [0.25, 0.3) is 10.8 Å². The van der Waals surface area contributed by atoms with Crippen molar-refractivity contribution >= 4 is 10.8 Å². The van der Waals surface area contributed by atoms with Crippen molar-refractivity contribution in [2.24, 2.45) is 5.73 Å². The number of fused-ring (bicyclic) bond motifs is 1. The van der Waals surface area contributed by atoms with Gasteiger partial charge in [-0.2, -0.15) is 0 Å². The Morgan fingerprint density at radius 2 is 1.45 bits per heavy atom. The summed E-state index contributed by atoms with van der Waals surface area (Å²) in [5.74, 6) is 0. The van der Waals surface area contributed by atoms with Crippen LogP contribution in [0.5, 0.6) is 0 Å². The highest BCUT2D eigenvalue weighted by Gasteiger charge is 2.31. The van der Waals surface area contributed by atoms with Gasteiger partial charge < -0.3 is 10.8 Å². The minimum Gasteiger partial charge on any atom is -0.379 e. The third-order valence-corrected chi connectivity index (χ3v) is 3.78. The molecule has 3 rings (SSSR count). The summed E-state index contributed by atoms with van der Waals surface area (Å²) in [5.41, 5.74) is 6.42. The molecule has 0 aromatic heterocycles. The van der Waals surface area contributed by atoms with Gasteiger partial charge in [-0.05, 0) is 21.9 Å². The summed E-state index contributed by atoms with van der Waals surface area (Å²) in [6.45, 7) is 0.144. The van der Waals surface area contributed by atoms with E-state index in [0.29, 0.717) is 0 Å². The van der Waals surface area contributed by atoms with Gasteiger partial charge in [0.15, 0.2) is 0 Å². The summed E-state index contributed by atoms with van der Waals surface area (Å²) in [4.78, 5) is 0. The summed E-state index contributed by atoms with van der Waals surface area (Å²) < 4.78 is 0. The van der Waals surface area contributed by atoms with E-state index in [1.807, 2.05) is 72.8 Å². The van der Waals surface area contributed by atoms with Crippen molar-refractivity contribution < 1.29 is 5.11 Å². The van der Waals surface area contributed by atoms with E-state index in [2.05, 4.69) is 0 Å². The summed E-state index contributed by atoms with van der Waals surface area (Å²) in [6, 6.07) is 23.6. The number of nitrogens with two attached hydrogens (primary N) is 1. The van der Waals surface area contributed by atoms with Crippen molar-refractivity contribution in [3.63, 3.8) is 0 Å². The molecule has 3 aromatic carbocycles. The second-order valence-electron chi connectivity index (χ2n) is 4.96. The quantitative estimate of drug-likeness (QED) is 0.763. The predicted molar refractivity (Wildman–Crippen MR) is 82.4 cm³/mol. The Morgan fingerprint density at radius 1 is 0.800 bits per heavy atom. The monoisotopic (exact) mass is 263 g/mol. The Labute approximate surface area is 118 Å². The number of benzene rings is 3. The molecule has 20 heavy (non-hydrogen) atoms. The van der Waals surface area contributed by atoms with E-state index < -0.39 is 5.60 Å². The maximum Gasteiger partial charge on any atom is 0.127 e. The molecule has 0 saturated heterocycles. The van der Waals surface area contributed by atoms with E-state index in [4.69, 9.17) is 5.73 Å². The van der Waals surface area contributed by atoms with Crippen LogP contribution in [0.4, 0.5) is 0 Å². The molecular weight excluding hydrogens is 246 g/mol. The average molecular weight is 263 g/mol. The zero-order chi connectivity index (χ0) is 14.0. The highest BCUT2D eigenvalue weighted by atomic mass is 16.3. The molecule has 2 nitrogen and oxygen atoms in total. The van der Waals surface area contributed by atoms with E-state index in [-0.39, 0.29) is 6.54 Å². The SMILES string of the molecule is NCC(O)(c1ccccc1)c1cccc2ccccc12. The molecule has 1 atom stereocenters. The molecule has 0 aliphatic carbocycles. The summed E-state index contributed by atoms with van der Waals surface area (Å²) in [7, 11) is 0. The van der Waals surface area contributed by atoms with Crippen LogP contribution in [0.3, 0.4) is 0 Å². The molecule has 0 amide bonds. The van der Waals surface area contributed by atoms with Crippen molar-refractivity contribution in [3.05, 3.63) is 83.9 Å². The molecule has 0 saturated carbocycles. The van der Waals surface area contributed by atoms with Gasteiger partial charge in [0.05, 0.1) is 0 Å². The van der Waals surface area contributed by atoms with E-state index in [1.165, 1.54) is 0 Å². The van der Waals surface area contributed by atoms with Crippen molar-refractivity contribution in [2.45, 2.75) is 5.60 Å². The van der Waals surface area contributed by atoms with Crippen LogP contribution in [0.1, 0.15) is 11.1 Å². The number of hydrogen-bond donors (Lipinski definition) is 2. The Kier molecular flexibility index (Phi) is 3.26. The lowest BCUT2D eigenvalue weighted by Crippen LogP contribution is -2.36. The van der Waals surface area contributed by atoms with Gasteiger partial charge in [-0.1, -0.05) is 72.8 Å². The first-order valence-electron chi connectivity index (χ1n) is 6.72. The first kappa shape index (κ1) is 12.9. The molecule has 0 heterocycles. The molecule has 0 aliphatic heterocycles. The maximum atomic E-state index is 11.1. The van der Waals surface area contributed by atoms with Crippen molar-refractivity contribution in [1.82, 2.24) is 0 Å². The van der Waals surface area contributed by atoms with E-state index in [9.17, 15) is 5.11 Å². The second-order valence-corrected chi connectivity index (χ2v) is 4.96. The van der Waals surface area contributed by atoms with Crippen LogP contribution in [0.15, 0.2) is 72.8 Å². The summed E-state index contributed by atoms with van der Waals surface area (Å²) >= 11 is 0. The zero-order valence-corrected chi connectivity index (χ0v) is 11.2. The lowest BCUT2D eigenvalue weighted by atomic mass is 9.83. The van der Waals surface area contributed by atoms with Crippen molar-refractivity contribution in [1.29, 1.82) is 0 Å². The fourth-order valence-electron chi connectivity index (χ4n) is 2.68. The topological polar surface area (TPSA) is 46.2 Å². The molecule has 0 radical (unpaired) electrons. The van der Waals surface area contributed by atoms with E-state index in [1.54, 1.807) is 0 Å². The molecule has 1 unspecified atom stereocenters. The maximum absolute atomic E-state index is 11.1. The van der Waals surface area contributed by atoms with Crippen LogP contribution in [0, 0.1) is 0 Å². The Morgan fingerprint density at radius 3 is 2.20 bits per heavy atom. The highest BCUT2D eigenvalue weighted by molar-refractivity contribution is 5.87. The molecule has 0 aliphatic rings. The number of rotatable bonds is 3. The zero-order valence-electron chi connectivity index (χ0n) is 11.2. The number of aliphatic hydroxyl groups is 1. The van der Waals surface area contributed by atoms with E-state index >= 15 is 0 Å². The van der Waals surface area contributed by atoms with Crippen LogP contribution < -0.4 is 5.73 Å².